The molecule has 0 aliphatic heterocycles. The minimum absolute atomic E-state index is 0.0823. The van der Waals surface area contributed by atoms with Gasteiger partial charge in [0.15, 0.2) is 0 Å². The first kappa shape index (κ1) is 12.0. The maximum absolute atomic E-state index is 12.0. The third-order valence-corrected chi connectivity index (χ3v) is 2.92. The Kier molecular flexibility index (Phi) is 2.76. The number of rotatable bonds is 2. The zero-order chi connectivity index (χ0) is 14.1. The molecular weight excluding hydrogens is 258 g/mol. The average Bonchev–Trinajstić information content (AvgIpc) is 2.78. The molecule has 4 N–H and O–H groups in total. The molecule has 3 rings (SSSR count). The van der Waals surface area contributed by atoms with E-state index in [1.807, 2.05) is 0 Å². The van der Waals surface area contributed by atoms with E-state index in [1.165, 1.54) is 12.1 Å². The van der Waals surface area contributed by atoms with E-state index >= 15 is 0 Å². The van der Waals surface area contributed by atoms with Crippen LogP contribution in [-0.2, 0) is 0 Å². The molecule has 6 heteroatoms. The van der Waals surface area contributed by atoms with Crippen LogP contribution >= 0.6 is 0 Å². The number of anilines is 1. The zero-order valence-corrected chi connectivity index (χ0v) is 10.3. The van der Waals surface area contributed by atoms with E-state index < -0.39 is 5.91 Å². The molecule has 0 bridgehead atoms. The van der Waals surface area contributed by atoms with Crippen molar-refractivity contribution in [2.45, 2.75) is 0 Å². The highest BCUT2D eigenvalue weighted by Crippen LogP contribution is 2.19. The first-order valence-corrected chi connectivity index (χ1v) is 5.95. The first-order chi connectivity index (χ1) is 9.63. The molecule has 1 aromatic heterocycles. The van der Waals surface area contributed by atoms with Crippen molar-refractivity contribution in [3.8, 4) is 5.75 Å². The molecule has 0 saturated carbocycles. The maximum atomic E-state index is 12.0. The number of amides is 1. The van der Waals surface area contributed by atoms with Crippen molar-refractivity contribution in [2.75, 3.05) is 5.32 Å². The molecule has 2 aromatic carbocycles. The van der Waals surface area contributed by atoms with Crippen molar-refractivity contribution in [1.29, 1.82) is 0 Å². The summed E-state index contributed by atoms with van der Waals surface area (Å²) in [6.45, 7) is 0. The molecule has 20 heavy (non-hydrogen) atoms. The third kappa shape index (κ3) is 2.14. The zero-order valence-electron chi connectivity index (χ0n) is 10.3. The highest BCUT2D eigenvalue weighted by atomic mass is 16.3. The highest BCUT2D eigenvalue weighted by Gasteiger charge is 2.10. The van der Waals surface area contributed by atoms with E-state index in [-0.39, 0.29) is 17.0 Å². The van der Waals surface area contributed by atoms with Crippen LogP contribution in [0, 0.1) is 0 Å². The lowest BCUT2D eigenvalue weighted by atomic mass is 10.2. The number of aromatic nitrogens is 2. The van der Waals surface area contributed by atoms with Crippen LogP contribution in [0.2, 0.25) is 0 Å². The number of nitrogens with one attached hydrogen (secondary N) is 3. The van der Waals surface area contributed by atoms with Gasteiger partial charge in [-0.25, -0.2) is 4.79 Å². The number of carbonyl (C=O) groups excluding carboxylic acids is 1. The molecule has 100 valence electrons. The van der Waals surface area contributed by atoms with Crippen LogP contribution in [0.1, 0.15) is 10.4 Å². The first-order valence-electron chi connectivity index (χ1n) is 5.95. The fraction of sp³-hybridized carbons (Fsp3) is 0. The standard InChI is InChI=1S/C14H11N3O3/c18-12-4-2-1-3-9(12)13(19)15-8-5-6-10-11(7-8)17-14(20)16-10/h1-7,18H,(H,15,19)(H2,16,17,20). The predicted molar refractivity (Wildman–Crippen MR) is 75.0 cm³/mol. The number of carbonyl (C=O) groups is 1. The Morgan fingerprint density at radius 1 is 1.05 bits per heavy atom. The van der Waals surface area contributed by atoms with Crippen LogP contribution in [-0.4, -0.2) is 21.0 Å². The predicted octanol–water partition coefficient (Wildman–Crippen LogP) is 1.81. The van der Waals surface area contributed by atoms with E-state index in [2.05, 4.69) is 15.3 Å². The quantitative estimate of drug-likeness (QED) is 0.571. The number of fused-ring (bicyclic) bond motifs is 1. The van der Waals surface area contributed by atoms with E-state index in [9.17, 15) is 14.7 Å². The number of aromatic amines is 2. The van der Waals surface area contributed by atoms with Gasteiger partial charge >= 0.3 is 5.69 Å². The molecule has 0 fully saturated rings. The summed E-state index contributed by atoms with van der Waals surface area (Å²) >= 11 is 0. The Labute approximate surface area is 113 Å². The van der Waals surface area contributed by atoms with Crippen LogP contribution in [0.4, 0.5) is 5.69 Å². The molecule has 1 heterocycles. The summed E-state index contributed by atoms with van der Waals surface area (Å²) in [6.07, 6.45) is 0. The summed E-state index contributed by atoms with van der Waals surface area (Å²) in [5.41, 5.74) is 1.68. The van der Waals surface area contributed by atoms with Gasteiger partial charge in [-0.15, -0.1) is 0 Å². The second-order valence-electron chi connectivity index (χ2n) is 4.31. The second kappa shape index (κ2) is 4.58. The Morgan fingerprint density at radius 3 is 2.60 bits per heavy atom. The number of H-pyrrole nitrogens is 2. The Morgan fingerprint density at radius 2 is 1.80 bits per heavy atom. The van der Waals surface area contributed by atoms with Gasteiger partial charge in [-0.1, -0.05) is 12.1 Å². The molecule has 1 amide bonds. The van der Waals surface area contributed by atoms with Gasteiger partial charge < -0.3 is 20.4 Å². The SMILES string of the molecule is O=C(Nc1ccc2[nH]c(=O)[nH]c2c1)c1ccccc1O. The molecule has 0 aliphatic carbocycles. The summed E-state index contributed by atoms with van der Waals surface area (Å²) in [5, 5.41) is 12.3. The molecule has 0 aliphatic rings. The smallest absolute Gasteiger partial charge is 0.323 e. The largest absolute Gasteiger partial charge is 0.507 e. The molecule has 6 nitrogen and oxygen atoms in total. The van der Waals surface area contributed by atoms with E-state index in [1.54, 1.807) is 30.3 Å². The van der Waals surface area contributed by atoms with Crippen molar-refractivity contribution < 1.29 is 9.90 Å². The van der Waals surface area contributed by atoms with Crippen LogP contribution in [0.5, 0.6) is 5.75 Å². The van der Waals surface area contributed by atoms with Gasteiger partial charge in [-0.05, 0) is 30.3 Å². The molecule has 0 atom stereocenters. The number of hydrogen-bond donors (Lipinski definition) is 4. The monoisotopic (exact) mass is 269 g/mol. The number of aromatic hydroxyl groups is 1. The Hall–Kier alpha value is -3.02. The summed E-state index contributed by atoms with van der Waals surface area (Å²) in [7, 11) is 0. The van der Waals surface area contributed by atoms with Gasteiger partial charge in [0.05, 0.1) is 16.6 Å². The lowest BCUT2D eigenvalue weighted by Gasteiger charge is -2.06. The van der Waals surface area contributed by atoms with Crippen LogP contribution in [0.15, 0.2) is 47.3 Å². The molecule has 0 radical (unpaired) electrons. The number of phenols is 1. The van der Waals surface area contributed by atoms with Crippen molar-refractivity contribution in [2.24, 2.45) is 0 Å². The van der Waals surface area contributed by atoms with Gasteiger partial charge in [-0.2, -0.15) is 0 Å². The van der Waals surface area contributed by atoms with Crippen LogP contribution < -0.4 is 11.0 Å². The normalized spacial score (nSPS) is 10.6. The third-order valence-electron chi connectivity index (χ3n) is 2.92. The number of hydrogen-bond acceptors (Lipinski definition) is 3. The fourth-order valence-corrected chi connectivity index (χ4v) is 1.97. The minimum Gasteiger partial charge on any atom is -0.507 e. The number of imidazole rings is 1. The summed E-state index contributed by atoms with van der Waals surface area (Å²) < 4.78 is 0. The van der Waals surface area contributed by atoms with Crippen LogP contribution in [0.25, 0.3) is 11.0 Å². The van der Waals surface area contributed by atoms with Crippen molar-refractivity contribution in [3.63, 3.8) is 0 Å². The van der Waals surface area contributed by atoms with E-state index in [0.29, 0.717) is 16.7 Å². The van der Waals surface area contributed by atoms with E-state index in [0.717, 1.165) is 0 Å². The van der Waals surface area contributed by atoms with Gasteiger partial charge in [0, 0.05) is 5.69 Å². The molecule has 0 saturated heterocycles. The van der Waals surface area contributed by atoms with E-state index in [4.69, 9.17) is 0 Å². The van der Waals surface area contributed by atoms with Crippen molar-refractivity contribution in [1.82, 2.24) is 9.97 Å². The second-order valence-corrected chi connectivity index (χ2v) is 4.31. The summed E-state index contributed by atoms with van der Waals surface area (Å²) in [4.78, 5) is 28.4. The summed E-state index contributed by atoms with van der Waals surface area (Å²) in [5.74, 6) is -0.499. The molecule has 0 spiro atoms. The summed E-state index contributed by atoms with van der Waals surface area (Å²) in [6, 6.07) is 11.3. The molecular formula is C14H11N3O3. The molecule has 0 unspecified atom stereocenters. The number of para-hydroxylation sites is 1. The molecule has 3 aromatic rings. The number of benzene rings is 2. The van der Waals surface area contributed by atoms with Gasteiger partial charge in [-0.3, -0.25) is 4.79 Å². The maximum Gasteiger partial charge on any atom is 0.323 e. The van der Waals surface area contributed by atoms with Gasteiger partial charge in [0.25, 0.3) is 5.91 Å². The average molecular weight is 269 g/mol. The van der Waals surface area contributed by atoms with Gasteiger partial charge in [0.2, 0.25) is 0 Å². The van der Waals surface area contributed by atoms with Gasteiger partial charge in [0.1, 0.15) is 5.75 Å². The lowest BCUT2D eigenvalue weighted by molar-refractivity contribution is 0.102. The van der Waals surface area contributed by atoms with Crippen LogP contribution in [0.3, 0.4) is 0 Å². The highest BCUT2D eigenvalue weighted by molar-refractivity contribution is 6.06. The van der Waals surface area contributed by atoms with Crippen molar-refractivity contribution in [3.05, 3.63) is 58.5 Å². The topological polar surface area (TPSA) is 98.0 Å². The fourth-order valence-electron chi connectivity index (χ4n) is 1.97. The minimum atomic E-state index is -0.416. The number of phenolic OH excluding ortho intramolecular Hbond substituents is 1. The Balaban J connectivity index is 1.91. The lowest BCUT2D eigenvalue weighted by Crippen LogP contribution is -2.11. The Bertz CT molecular complexity index is 848. The van der Waals surface area contributed by atoms with Crippen molar-refractivity contribution >= 4 is 22.6 Å².